The standard InChI is InChI=1S/C19H25N3O4/c1-25-12-11-20-18(23)13-3-9-16-17(10-4-13)21-22(19(16)24)14-5-7-15(26-2)8-6-14/h5-8,13,21H,3-4,9-12H2,1-2H3,(H,20,23). The van der Waals surface area contributed by atoms with Crippen LogP contribution in [0.25, 0.3) is 5.69 Å². The molecule has 1 atom stereocenters. The summed E-state index contributed by atoms with van der Waals surface area (Å²) in [5.41, 5.74) is 2.45. The summed E-state index contributed by atoms with van der Waals surface area (Å²) in [6.45, 7) is 1.02. The van der Waals surface area contributed by atoms with Gasteiger partial charge in [0.2, 0.25) is 5.91 Å². The van der Waals surface area contributed by atoms with Gasteiger partial charge in [-0.25, -0.2) is 4.68 Å². The molecule has 140 valence electrons. The number of hydrogen-bond acceptors (Lipinski definition) is 4. The van der Waals surface area contributed by atoms with Crippen LogP contribution < -0.4 is 15.6 Å². The minimum Gasteiger partial charge on any atom is -0.497 e. The number of aromatic nitrogens is 2. The van der Waals surface area contributed by atoms with Crippen molar-refractivity contribution in [3.8, 4) is 11.4 Å². The summed E-state index contributed by atoms with van der Waals surface area (Å²) < 4.78 is 11.7. The zero-order valence-corrected chi connectivity index (χ0v) is 15.2. The average Bonchev–Trinajstić information content (AvgIpc) is 2.84. The molecule has 3 rings (SSSR count). The third-order valence-corrected chi connectivity index (χ3v) is 4.86. The lowest BCUT2D eigenvalue weighted by Gasteiger charge is -2.14. The Bertz CT molecular complexity index is 807. The summed E-state index contributed by atoms with van der Waals surface area (Å²) in [5, 5.41) is 6.11. The van der Waals surface area contributed by atoms with Crippen LogP contribution in [0, 0.1) is 5.92 Å². The molecule has 7 heteroatoms. The number of nitrogens with one attached hydrogen (secondary N) is 2. The van der Waals surface area contributed by atoms with E-state index in [9.17, 15) is 9.59 Å². The van der Waals surface area contributed by atoms with Crippen molar-refractivity contribution in [3.05, 3.63) is 45.9 Å². The maximum absolute atomic E-state index is 12.8. The highest BCUT2D eigenvalue weighted by Gasteiger charge is 2.25. The van der Waals surface area contributed by atoms with Crippen LogP contribution in [0.5, 0.6) is 5.75 Å². The SMILES string of the molecule is COCCNC(=O)C1CCc2[nH]n(-c3ccc(OC)cc3)c(=O)c2CC1. The summed E-state index contributed by atoms with van der Waals surface area (Å²) in [5.74, 6) is 0.724. The fourth-order valence-electron chi connectivity index (χ4n) is 3.36. The first-order chi connectivity index (χ1) is 12.6. The Kier molecular flexibility index (Phi) is 5.78. The number of ether oxygens (including phenoxy) is 2. The topological polar surface area (TPSA) is 85.3 Å². The molecule has 26 heavy (non-hydrogen) atoms. The summed E-state index contributed by atoms with van der Waals surface area (Å²) in [7, 11) is 3.22. The molecule has 1 amide bonds. The van der Waals surface area contributed by atoms with Crippen LogP contribution >= 0.6 is 0 Å². The molecule has 2 N–H and O–H groups in total. The summed E-state index contributed by atoms with van der Waals surface area (Å²) >= 11 is 0. The Hall–Kier alpha value is -2.54. The van der Waals surface area contributed by atoms with Crippen molar-refractivity contribution in [1.82, 2.24) is 15.1 Å². The molecule has 0 spiro atoms. The van der Waals surface area contributed by atoms with Crippen LogP contribution in [0.1, 0.15) is 24.1 Å². The molecule has 0 bridgehead atoms. The van der Waals surface area contributed by atoms with Crippen LogP contribution in [0.3, 0.4) is 0 Å². The lowest BCUT2D eigenvalue weighted by Crippen LogP contribution is -2.33. The van der Waals surface area contributed by atoms with E-state index in [2.05, 4.69) is 10.4 Å². The molecular weight excluding hydrogens is 334 g/mol. The van der Waals surface area contributed by atoms with Crippen LogP contribution in [0.4, 0.5) is 0 Å². The van der Waals surface area contributed by atoms with Gasteiger partial charge in [-0.3, -0.25) is 14.7 Å². The zero-order chi connectivity index (χ0) is 18.5. The van der Waals surface area contributed by atoms with E-state index in [-0.39, 0.29) is 17.4 Å². The van der Waals surface area contributed by atoms with E-state index in [4.69, 9.17) is 9.47 Å². The summed E-state index contributed by atoms with van der Waals surface area (Å²) in [6.07, 6.45) is 2.71. The van der Waals surface area contributed by atoms with Gasteiger partial charge in [0.25, 0.3) is 5.56 Å². The second-order valence-corrected chi connectivity index (χ2v) is 6.47. The predicted octanol–water partition coefficient (Wildman–Crippen LogP) is 1.43. The number of benzene rings is 1. The maximum atomic E-state index is 12.8. The van der Waals surface area contributed by atoms with E-state index < -0.39 is 0 Å². The highest BCUT2D eigenvalue weighted by atomic mass is 16.5. The van der Waals surface area contributed by atoms with Crippen molar-refractivity contribution in [2.75, 3.05) is 27.4 Å². The second-order valence-electron chi connectivity index (χ2n) is 6.47. The molecule has 1 heterocycles. The monoisotopic (exact) mass is 359 g/mol. The Morgan fingerprint density at radius 2 is 1.96 bits per heavy atom. The van der Waals surface area contributed by atoms with Gasteiger partial charge in [-0.1, -0.05) is 0 Å². The van der Waals surface area contributed by atoms with Crippen LogP contribution in [-0.4, -0.2) is 43.1 Å². The van der Waals surface area contributed by atoms with Gasteiger partial charge in [0.05, 0.1) is 19.4 Å². The van der Waals surface area contributed by atoms with Gasteiger partial charge in [-0.2, -0.15) is 0 Å². The van der Waals surface area contributed by atoms with Gasteiger partial charge in [0, 0.05) is 30.8 Å². The summed E-state index contributed by atoms with van der Waals surface area (Å²) in [6, 6.07) is 7.35. The second kappa shape index (κ2) is 8.23. The van der Waals surface area contributed by atoms with Gasteiger partial charge < -0.3 is 14.8 Å². The fourth-order valence-corrected chi connectivity index (χ4v) is 3.36. The predicted molar refractivity (Wildman–Crippen MR) is 98.0 cm³/mol. The normalized spacial score (nSPS) is 16.6. The van der Waals surface area contributed by atoms with E-state index >= 15 is 0 Å². The molecular formula is C19H25N3O4. The van der Waals surface area contributed by atoms with E-state index in [0.717, 1.165) is 29.1 Å². The van der Waals surface area contributed by atoms with Crippen LogP contribution in [0.2, 0.25) is 0 Å². The van der Waals surface area contributed by atoms with E-state index in [1.807, 2.05) is 24.3 Å². The summed E-state index contributed by atoms with van der Waals surface area (Å²) in [4.78, 5) is 25.1. The van der Waals surface area contributed by atoms with Crippen molar-refractivity contribution < 1.29 is 14.3 Å². The van der Waals surface area contributed by atoms with Crippen molar-refractivity contribution in [1.29, 1.82) is 0 Å². The number of aromatic amines is 1. The van der Waals surface area contributed by atoms with Gasteiger partial charge in [0.15, 0.2) is 0 Å². The van der Waals surface area contributed by atoms with Crippen LogP contribution in [0.15, 0.2) is 29.1 Å². The lowest BCUT2D eigenvalue weighted by atomic mass is 9.99. The average molecular weight is 359 g/mol. The highest BCUT2D eigenvalue weighted by Crippen LogP contribution is 2.23. The van der Waals surface area contributed by atoms with Crippen LogP contribution in [-0.2, 0) is 22.4 Å². The Morgan fingerprint density at radius 3 is 2.65 bits per heavy atom. The van der Waals surface area contributed by atoms with Gasteiger partial charge in [0.1, 0.15) is 5.75 Å². The fraction of sp³-hybridized carbons (Fsp3) is 0.474. The quantitative estimate of drug-likeness (QED) is 0.604. The number of aryl methyl sites for hydroxylation is 1. The van der Waals surface area contributed by atoms with Crippen molar-refractivity contribution in [3.63, 3.8) is 0 Å². The first kappa shape index (κ1) is 18.3. The molecule has 0 radical (unpaired) electrons. The number of amides is 1. The minimum absolute atomic E-state index is 0.0365. The van der Waals surface area contributed by atoms with Crippen molar-refractivity contribution >= 4 is 5.91 Å². The molecule has 1 aromatic carbocycles. The zero-order valence-electron chi connectivity index (χ0n) is 15.2. The Balaban J connectivity index is 1.72. The molecule has 0 aliphatic heterocycles. The smallest absolute Gasteiger partial charge is 0.274 e. The number of methoxy groups -OCH3 is 2. The number of nitrogens with zero attached hydrogens (tertiary/aromatic N) is 1. The van der Waals surface area contributed by atoms with E-state index in [1.54, 1.807) is 18.9 Å². The van der Waals surface area contributed by atoms with E-state index in [1.165, 1.54) is 0 Å². The number of carbonyl (C=O) groups excluding carboxylic acids is 1. The number of hydrogen-bond donors (Lipinski definition) is 2. The molecule has 0 saturated carbocycles. The van der Waals surface area contributed by atoms with Gasteiger partial charge in [-0.15, -0.1) is 0 Å². The molecule has 1 aliphatic carbocycles. The number of carbonyl (C=O) groups is 1. The molecule has 7 nitrogen and oxygen atoms in total. The van der Waals surface area contributed by atoms with E-state index in [0.29, 0.717) is 32.4 Å². The Morgan fingerprint density at radius 1 is 1.23 bits per heavy atom. The first-order valence-electron chi connectivity index (χ1n) is 8.88. The largest absolute Gasteiger partial charge is 0.497 e. The molecule has 1 aliphatic rings. The molecule has 2 aromatic rings. The number of H-pyrrole nitrogens is 1. The molecule has 0 fully saturated rings. The number of rotatable bonds is 6. The molecule has 1 aromatic heterocycles. The van der Waals surface area contributed by atoms with Crippen molar-refractivity contribution in [2.45, 2.75) is 25.7 Å². The van der Waals surface area contributed by atoms with Crippen molar-refractivity contribution in [2.24, 2.45) is 5.92 Å². The Labute approximate surface area is 152 Å². The first-order valence-corrected chi connectivity index (χ1v) is 8.88. The maximum Gasteiger partial charge on any atom is 0.274 e. The third kappa shape index (κ3) is 3.83. The van der Waals surface area contributed by atoms with Gasteiger partial charge in [-0.05, 0) is 49.9 Å². The molecule has 1 unspecified atom stereocenters. The lowest BCUT2D eigenvalue weighted by molar-refractivity contribution is -0.125. The number of fused-ring (bicyclic) bond motifs is 1. The van der Waals surface area contributed by atoms with Gasteiger partial charge >= 0.3 is 0 Å². The minimum atomic E-state index is -0.0681. The highest BCUT2D eigenvalue weighted by molar-refractivity contribution is 5.78. The third-order valence-electron chi connectivity index (χ3n) is 4.86. The molecule has 0 saturated heterocycles.